The Morgan fingerprint density at radius 3 is 2.52 bits per heavy atom. The van der Waals surface area contributed by atoms with E-state index in [0.717, 1.165) is 25.8 Å². The third kappa shape index (κ3) is 4.67. The number of rotatable bonds is 7. The van der Waals surface area contributed by atoms with Crippen LogP contribution in [0.25, 0.3) is 0 Å². The molecule has 1 aromatic heterocycles. The van der Waals surface area contributed by atoms with Gasteiger partial charge in [0.15, 0.2) is 0 Å². The van der Waals surface area contributed by atoms with E-state index in [4.69, 9.17) is 0 Å². The summed E-state index contributed by atoms with van der Waals surface area (Å²) in [6.45, 7) is 7.66. The highest BCUT2D eigenvalue weighted by molar-refractivity contribution is 9.10. The molecule has 0 aliphatic rings. The van der Waals surface area contributed by atoms with E-state index >= 15 is 0 Å². The lowest BCUT2D eigenvalue weighted by atomic mass is 10.0. The number of nitrogens with one attached hydrogen (secondary N) is 1. The van der Waals surface area contributed by atoms with Crippen molar-refractivity contribution >= 4 is 27.3 Å². The second-order valence-corrected chi connectivity index (χ2v) is 7.55. The monoisotopic (exact) mass is 365 g/mol. The molecule has 1 nitrogen and oxygen atoms in total. The van der Waals surface area contributed by atoms with Crippen molar-refractivity contribution in [1.29, 1.82) is 0 Å². The van der Waals surface area contributed by atoms with Gasteiger partial charge in [-0.2, -0.15) is 0 Å². The SMILES string of the molecule is CCCNC(Cc1ccc(CC)s1)c1ccc(Br)c(C)c1. The van der Waals surface area contributed by atoms with Crippen molar-refractivity contribution in [2.45, 2.75) is 46.1 Å². The van der Waals surface area contributed by atoms with Crippen LogP contribution in [0.3, 0.4) is 0 Å². The zero-order chi connectivity index (χ0) is 15.2. The number of hydrogen-bond acceptors (Lipinski definition) is 2. The lowest BCUT2D eigenvalue weighted by molar-refractivity contribution is 0.532. The molecule has 1 atom stereocenters. The minimum atomic E-state index is 0.403. The van der Waals surface area contributed by atoms with Gasteiger partial charge in [-0.1, -0.05) is 41.9 Å². The molecule has 0 amide bonds. The zero-order valence-electron chi connectivity index (χ0n) is 13.1. The van der Waals surface area contributed by atoms with Gasteiger partial charge in [0, 0.05) is 26.7 Å². The Balaban J connectivity index is 2.18. The number of hydrogen-bond donors (Lipinski definition) is 1. The fourth-order valence-electron chi connectivity index (χ4n) is 2.43. The lowest BCUT2D eigenvalue weighted by Gasteiger charge is -2.19. The van der Waals surface area contributed by atoms with Gasteiger partial charge in [0.1, 0.15) is 0 Å². The summed E-state index contributed by atoms with van der Waals surface area (Å²) < 4.78 is 1.19. The van der Waals surface area contributed by atoms with Crippen LogP contribution in [-0.2, 0) is 12.8 Å². The van der Waals surface area contributed by atoms with Crippen LogP contribution in [0.5, 0.6) is 0 Å². The van der Waals surface area contributed by atoms with E-state index in [-0.39, 0.29) is 0 Å². The molecule has 0 saturated carbocycles. The Bertz CT molecular complexity index is 576. The van der Waals surface area contributed by atoms with E-state index in [1.165, 1.54) is 25.4 Å². The molecule has 3 heteroatoms. The molecule has 2 rings (SSSR count). The van der Waals surface area contributed by atoms with Gasteiger partial charge >= 0.3 is 0 Å². The van der Waals surface area contributed by atoms with Gasteiger partial charge in [-0.05, 0) is 55.6 Å². The van der Waals surface area contributed by atoms with Gasteiger partial charge < -0.3 is 5.32 Å². The molecule has 21 heavy (non-hydrogen) atoms. The van der Waals surface area contributed by atoms with E-state index in [1.807, 2.05) is 11.3 Å². The van der Waals surface area contributed by atoms with Crippen molar-refractivity contribution in [2.24, 2.45) is 0 Å². The summed E-state index contributed by atoms with van der Waals surface area (Å²) in [7, 11) is 0. The third-order valence-corrected chi connectivity index (χ3v) is 5.84. The highest BCUT2D eigenvalue weighted by Gasteiger charge is 2.13. The van der Waals surface area contributed by atoms with Crippen molar-refractivity contribution in [3.05, 3.63) is 55.7 Å². The van der Waals surface area contributed by atoms with Gasteiger partial charge in [-0.15, -0.1) is 11.3 Å². The molecule has 0 saturated heterocycles. The van der Waals surface area contributed by atoms with Crippen molar-refractivity contribution < 1.29 is 0 Å². The Morgan fingerprint density at radius 1 is 1.14 bits per heavy atom. The van der Waals surface area contributed by atoms with Gasteiger partial charge in [0.25, 0.3) is 0 Å². The highest BCUT2D eigenvalue weighted by atomic mass is 79.9. The quantitative estimate of drug-likeness (QED) is 0.666. The predicted octanol–water partition coefficient (Wildman–Crippen LogP) is 5.66. The third-order valence-electron chi connectivity index (χ3n) is 3.70. The predicted molar refractivity (Wildman–Crippen MR) is 97.3 cm³/mol. The van der Waals surface area contributed by atoms with E-state index in [2.05, 4.69) is 72.3 Å². The van der Waals surface area contributed by atoms with Crippen molar-refractivity contribution in [3.8, 4) is 0 Å². The molecule has 1 unspecified atom stereocenters. The summed E-state index contributed by atoms with van der Waals surface area (Å²) in [6, 6.07) is 11.7. The molecule has 0 aliphatic heterocycles. The Morgan fingerprint density at radius 2 is 1.90 bits per heavy atom. The van der Waals surface area contributed by atoms with Gasteiger partial charge in [0.05, 0.1) is 0 Å². The standard InChI is InChI=1S/C18H24BrNS/c1-4-10-20-18(12-16-8-7-15(5-2)21-16)14-6-9-17(19)13(3)11-14/h6-9,11,18,20H,4-5,10,12H2,1-3H3. The average molecular weight is 366 g/mol. The number of thiophene rings is 1. The minimum Gasteiger partial charge on any atom is -0.310 e. The molecule has 0 radical (unpaired) electrons. The first-order valence-corrected chi connectivity index (χ1v) is 9.32. The average Bonchev–Trinajstić information content (AvgIpc) is 2.94. The molecule has 2 aromatic rings. The maximum atomic E-state index is 3.70. The smallest absolute Gasteiger partial charge is 0.0368 e. The summed E-state index contributed by atoms with van der Waals surface area (Å²) in [5.41, 5.74) is 2.69. The lowest BCUT2D eigenvalue weighted by Crippen LogP contribution is -2.23. The van der Waals surface area contributed by atoms with Crippen molar-refractivity contribution in [1.82, 2.24) is 5.32 Å². The molecule has 0 bridgehead atoms. The van der Waals surface area contributed by atoms with E-state index < -0.39 is 0 Å². The summed E-state index contributed by atoms with van der Waals surface area (Å²) >= 11 is 5.54. The fraction of sp³-hybridized carbons (Fsp3) is 0.444. The molecule has 1 heterocycles. The number of aryl methyl sites for hydroxylation is 2. The van der Waals surface area contributed by atoms with Gasteiger partial charge in [-0.3, -0.25) is 0 Å². The zero-order valence-corrected chi connectivity index (χ0v) is 15.5. The second-order valence-electron chi connectivity index (χ2n) is 5.44. The van der Waals surface area contributed by atoms with Crippen LogP contribution in [0.4, 0.5) is 0 Å². The minimum absolute atomic E-state index is 0.403. The topological polar surface area (TPSA) is 12.0 Å². The maximum absolute atomic E-state index is 3.70. The number of benzene rings is 1. The molecular formula is C18H24BrNS. The van der Waals surface area contributed by atoms with Crippen LogP contribution in [0.1, 0.15) is 47.2 Å². The van der Waals surface area contributed by atoms with Crippen LogP contribution in [0, 0.1) is 6.92 Å². The van der Waals surface area contributed by atoms with Crippen molar-refractivity contribution in [3.63, 3.8) is 0 Å². The van der Waals surface area contributed by atoms with Crippen LogP contribution in [0.15, 0.2) is 34.8 Å². The maximum Gasteiger partial charge on any atom is 0.0368 e. The summed E-state index contributed by atoms with van der Waals surface area (Å²) in [4.78, 5) is 2.95. The molecular weight excluding hydrogens is 342 g/mol. The first-order chi connectivity index (χ1) is 10.1. The molecule has 0 aliphatic carbocycles. The van der Waals surface area contributed by atoms with Crippen molar-refractivity contribution in [2.75, 3.05) is 6.54 Å². The highest BCUT2D eigenvalue weighted by Crippen LogP contribution is 2.27. The van der Waals surface area contributed by atoms with Gasteiger partial charge in [0.2, 0.25) is 0 Å². The molecule has 1 N–H and O–H groups in total. The Hall–Kier alpha value is -0.640. The van der Waals surface area contributed by atoms with Crippen LogP contribution in [0.2, 0.25) is 0 Å². The summed E-state index contributed by atoms with van der Waals surface area (Å²) in [5, 5.41) is 3.70. The first kappa shape index (κ1) is 16.7. The summed E-state index contributed by atoms with van der Waals surface area (Å²) in [6.07, 6.45) is 3.37. The second kappa shape index (κ2) is 8.11. The normalized spacial score (nSPS) is 12.6. The Labute approximate surface area is 140 Å². The van der Waals surface area contributed by atoms with E-state index in [0.29, 0.717) is 6.04 Å². The molecule has 0 fully saturated rings. The van der Waals surface area contributed by atoms with Gasteiger partial charge in [-0.25, -0.2) is 0 Å². The van der Waals surface area contributed by atoms with Crippen LogP contribution in [-0.4, -0.2) is 6.54 Å². The molecule has 1 aromatic carbocycles. The Kier molecular flexibility index (Phi) is 6.46. The molecule has 0 spiro atoms. The number of halogens is 1. The van der Waals surface area contributed by atoms with Crippen LogP contribution >= 0.6 is 27.3 Å². The van der Waals surface area contributed by atoms with E-state index in [1.54, 1.807) is 0 Å². The molecule has 114 valence electrons. The first-order valence-electron chi connectivity index (χ1n) is 7.71. The summed E-state index contributed by atoms with van der Waals surface area (Å²) in [5.74, 6) is 0. The van der Waals surface area contributed by atoms with E-state index in [9.17, 15) is 0 Å². The fourth-order valence-corrected chi connectivity index (χ4v) is 3.68. The largest absolute Gasteiger partial charge is 0.310 e. The van der Waals surface area contributed by atoms with Crippen LogP contribution < -0.4 is 5.32 Å².